The van der Waals surface area contributed by atoms with Crippen molar-refractivity contribution < 1.29 is 19.1 Å². The fourth-order valence-corrected chi connectivity index (χ4v) is 7.52. The highest BCUT2D eigenvalue weighted by atomic mass is 16.6. The van der Waals surface area contributed by atoms with Gasteiger partial charge in [-0.3, -0.25) is 9.59 Å². The number of rotatable bonds is 3. The molecule has 154 valence electrons. The molecule has 0 heterocycles. The van der Waals surface area contributed by atoms with Crippen LogP contribution in [0.3, 0.4) is 0 Å². The van der Waals surface area contributed by atoms with Crippen molar-refractivity contribution in [2.45, 2.75) is 78.2 Å². The van der Waals surface area contributed by atoms with Gasteiger partial charge in [0.2, 0.25) is 0 Å². The maximum Gasteiger partial charge on any atom is 0.303 e. The molecule has 0 bridgehead atoms. The molecule has 4 heteroatoms. The fourth-order valence-electron chi connectivity index (χ4n) is 7.52. The van der Waals surface area contributed by atoms with Gasteiger partial charge in [-0.2, -0.15) is 0 Å². The van der Waals surface area contributed by atoms with Gasteiger partial charge in [-0.05, 0) is 80.3 Å². The Bertz CT molecular complexity index is 765. The van der Waals surface area contributed by atoms with Gasteiger partial charge in [-0.15, -0.1) is 0 Å². The number of carbonyl (C=O) groups is 2. The minimum absolute atomic E-state index is 0.0229. The van der Waals surface area contributed by atoms with E-state index >= 15 is 0 Å². The summed E-state index contributed by atoms with van der Waals surface area (Å²) in [6, 6.07) is 0. The Morgan fingerprint density at radius 3 is 2.43 bits per heavy atom. The molecule has 6 atom stereocenters. The summed E-state index contributed by atoms with van der Waals surface area (Å²) in [5, 5.41) is 0. The van der Waals surface area contributed by atoms with Gasteiger partial charge < -0.3 is 9.47 Å². The summed E-state index contributed by atoms with van der Waals surface area (Å²) in [4.78, 5) is 24.7. The summed E-state index contributed by atoms with van der Waals surface area (Å²) in [5.41, 5.74) is 0.441. The number of fused-ring (bicyclic) bond motifs is 5. The first-order valence-corrected chi connectivity index (χ1v) is 10.8. The molecule has 0 aromatic carbocycles. The van der Waals surface area contributed by atoms with E-state index in [0.29, 0.717) is 24.2 Å². The van der Waals surface area contributed by atoms with Crippen molar-refractivity contribution in [3.8, 4) is 0 Å². The van der Waals surface area contributed by atoms with Crippen LogP contribution in [-0.2, 0) is 19.1 Å². The number of Topliss-reactive ketones (excluding diaryl/α,β-unsaturated/α-hetero) is 1. The zero-order valence-electron chi connectivity index (χ0n) is 18.0. The van der Waals surface area contributed by atoms with Gasteiger partial charge in [0.05, 0.1) is 12.9 Å². The van der Waals surface area contributed by atoms with Crippen molar-refractivity contribution in [1.29, 1.82) is 0 Å². The Morgan fingerprint density at radius 1 is 1.07 bits per heavy atom. The van der Waals surface area contributed by atoms with Crippen LogP contribution in [0.2, 0.25) is 0 Å². The summed E-state index contributed by atoms with van der Waals surface area (Å²) in [6.07, 6.45) is 11.6. The van der Waals surface area contributed by atoms with Gasteiger partial charge in [-0.25, -0.2) is 0 Å². The number of hydrogen-bond acceptors (Lipinski definition) is 4. The highest BCUT2D eigenvalue weighted by Crippen LogP contribution is 2.67. The second-order valence-corrected chi connectivity index (χ2v) is 9.98. The second kappa shape index (κ2) is 6.47. The number of ether oxygens (including phenoxy) is 2. The average Bonchev–Trinajstić information content (AvgIpc) is 2.94. The van der Waals surface area contributed by atoms with E-state index in [4.69, 9.17) is 9.47 Å². The van der Waals surface area contributed by atoms with Crippen LogP contribution in [0.25, 0.3) is 0 Å². The molecule has 0 unspecified atom stereocenters. The standard InChI is InChI=1S/C24H34O4/c1-15(25)24(28-16(2)26)13-10-21-19-7-6-17-14-18(27-5)8-11-22(17,3)20(19)9-12-23(21,24)4/h6,14,19-21H,7-13H2,1-5H3/t19-,20+,21+,22-,23-,24+/m1/s1. The van der Waals surface area contributed by atoms with Gasteiger partial charge in [0.15, 0.2) is 11.4 Å². The summed E-state index contributed by atoms with van der Waals surface area (Å²) in [7, 11) is 1.77. The summed E-state index contributed by atoms with van der Waals surface area (Å²) in [5.74, 6) is 2.39. The molecule has 2 fully saturated rings. The monoisotopic (exact) mass is 386 g/mol. The SMILES string of the molecule is COC1=CC2=CC[C@@H]3[C@H](CC[C@]4(C)[C@H]3CC[C@]4(OC(C)=O)C(C)=O)[C@]2(C)CC1. The van der Waals surface area contributed by atoms with Crippen molar-refractivity contribution in [2.75, 3.05) is 7.11 Å². The lowest BCUT2D eigenvalue weighted by Gasteiger charge is -2.58. The molecule has 4 rings (SSSR count). The lowest BCUT2D eigenvalue weighted by atomic mass is 9.47. The van der Waals surface area contributed by atoms with Crippen LogP contribution in [-0.4, -0.2) is 24.5 Å². The summed E-state index contributed by atoms with van der Waals surface area (Å²) >= 11 is 0. The average molecular weight is 387 g/mol. The van der Waals surface area contributed by atoms with Crippen molar-refractivity contribution in [3.05, 3.63) is 23.5 Å². The van der Waals surface area contributed by atoms with Gasteiger partial charge in [0, 0.05) is 18.8 Å². The molecule has 0 saturated heterocycles. The highest BCUT2D eigenvalue weighted by Gasteiger charge is 2.67. The van der Waals surface area contributed by atoms with Crippen LogP contribution in [0.5, 0.6) is 0 Å². The molecule has 0 aromatic heterocycles. The largest absolute Gasteiger partial charge is 0.501 e. The lowest BCUT2D eigenvalue weighted by Crippen LogP contribution is -2.58. The first kappa shape index (κ1) is 19.7. The van der Waals surface area contributed by atoms with E-state index in [9.17, 15) is 9.59 Å². The van der Waals surface area contributed by atoms with E-state index in [-0.39, 0.29) is 22.6 Å². The topological polar surface area (TPSA) is 52.6 Å². The fraction of sp³-hybridized carbons (Fsp3) is 0.750. The predicted octanol–water partition coefficient (Wildman–Crippen LogP) is 4.98. The molecular weight excluding hydrogens is 352 g/mol. The molecule has 0 radical (unpaired) electrons. The third-order valence-electron chi connectivity index (χ3n) is 9.00. The molecule has 0 N–H and O–H groups in total. The molecule has 0 amide bonds. The molecule has 2 saturated carbocycles. The molecule has 4 nitrogen and oxygen atoms in total. The summed E-state index contributed by atoms with van der Waals surface area (Å²) < 4.78 is 11.4. The van der Waals surface area contributed by atoms with E-state index in [1.54, 1.807) is 14.0 Å². The Morgan fingerprint density at radius 2 is 1.79 bits per heavy atom. The van der Waals surface area contributed by atoms with E-state index in [1.165, 1.54) is 12.5 Å². The molecule has 0 aliphatic heterocycles. The van der Waals surface area contributed by atoms with E-state index in [1.807, 2.05) is 0 Å². The summed E-state index contributed by atoms with van der Waals surface area (Å²) in [6.45, 7) is 7.70. The molecule has 4 aliphatic rings. The normalized spacial score (nSPS) is 44.4. The van der Waals surface area contributed by atoms with Crippen molar-refractivity contribution >= 4 is 11.8 Å². The van der Waals surface area contributed by atoms with E-state index in [0.717, 1.165) is 44.3 Å². The van der Waals surface area contributed by atoms with Crippen molar-refractivity contribution in [3.63, 3.8) is 0 Å². The third kappa shape index (κ3) is 2.48. The quantitative estimate of drug-likeness (QED) is 0.642. The zero-order chi connectivity index (χ0) is 20.3. The second-order valence-electron chi connectivity index (χ2n) is 9.98. The van der Waals surface area contributed by atoms with Crippen LogP contribution < -0.4 is 0 Å². The number of carbonyl (C=O) groups excluding carboxylic acids is 2. The smallest absolute Gasteiger partial charge is 0.303 e. The van der Waals surface area contributed by atoms with Crippen molar-refractivity contribution in [1.82, 2.24) is 0 Å². The minimum Gasteiger partial charge on any atom is -0.501 e. The van der Waals surface area contributed by atoms with Crippen molar-refractivity contribution in [2.24, 2.45) is 28.6 Å². The van der Waals surface area contributed by atoms with E-state index < -0.39 is 5.60 Å². The van der Waals surface area contributed by atoms with Crippen LogP contribution in [0.1, 0.15) is 72.6 Å². The van der Waals surface area contributed by atoms with Gasteiger partial charge in [-0.1, -0.05) is 19.9 Å². The number of esters is 1. The Balaban J connectivity index is 1.71. The maximum atomic E-state index is 12.8. The lowest BCUT2D eigenvalue weighted by molar-refractivity contribution is -0.186. The number of ketones is 1. The number of methoxy groups -OCH3 is 1. The van der Waals surface area contributed by atoms with Crippen LogP contribution in [0, 0.1) is 28.6 Å². The molecule has 4 aliphatic carbocycles. The van der Waals surface area contributed by atoms with Crippen LogP contribution in [0.15, 0.2) is 23.5 Å². The third-order valence-corrected chi connectivity index (χ3v) is 9.00. The zero-order valence-corrected chi connectivity index (χ0v) is 18.0. The minimum atomic E-state index is -0.935. The van der Waals surface area contributed by atoms with Gasteiger partial charge >= 0.3 is 5.97 Å². The Hall–Kier alpha value is -1.58. The molecular formula is C24H34O4. The molecule has 28 heavy (non-hydrogen) atoms. The first-order chi connectivity index (χ1) is 13.2. The molecule has 0 spiro atoms. The Labute approximate surface area is 168 Å². The number of hydrogen-bond donors (Lipinski definition) is 0. The highest BCUT2D eigenvalue weighted by molar-refractivity contribution is 5.89. The maximum absolute atomic E-state index is 12.8. The molecule has 0 aromatic rings. The Kier molecular flexibility index (Phi) is 4.55. The van der Waals surface area contributed by atoms with Gasteiger partial charge in [0.1, 0.15) is 0 Å². The number of allylic oxidation sites excluding steroid dienone is 4. The first-order valence-electron chi connectivity index (χ1n) is 10.8. The van der Waals surface area contributed by atoms with Crippen LogP contribution >= 0.6 is 0 Å². The van der Waals surface area contributed by atoms with Gasteiger partial charge in [0.25, 0.3) is 0 Å². The van der Waals surface area contributed by atoms with E-state index in [2.05, 4.69) is 26.0 Å². The predicted molar refractivity (Wildman–Crippen MR) is 107 cm³/mol. The van der Waals surface area contributed by atoms with Crippen LogP contribution in [0.4, 0.5) is 0 Å².